The first-order chi connectivity index (χ1) is 13.9. The summed E-state index contributed by atoms with van der Waals surface area (Å²) in [5, 5.41) is 2.95. The molecule has 0 radical (unpaired) electrons. The number of para-hydroxylation sites is 1. The number of amides is 1. The van der Waals surface area contributed by atoms with E-state index in [1.54, 1.807) is 12.1 Å². The van der Waals surface area contributed by atoms with Crippen molar-refractivity contribution in [2.24, 2.45) is 0 Å². The van der Waals surface area contributed by atoms with Gasteiger partial charge in [-0.05, 0) is 55.2 Å². The second-order valence-corrected chi connectivity index (χ2v) is 10.3. The molecular formula is C21H24BrN3O3S. The molecule has 1 spiro atoms. The van der Waals surface area contributed by atoms with Crippen molar-refractivity contribution in [2.75, 3.05) is 24.7 Å². The van der Waals surface area contributed by atoms with Crippen LogP contribution >= 0.6 is 15.9 Å². The van der Waals surface area contributed by atoms with Gasteiger partial charge in [-0.25, -0.2) is 8.42 Å². The Bertz CT molecular complexity index is 1020. The number of hydrogen-bond donors (Lipinski definition) is 1. The fourth-order valence-electron chi connectivity index (χ4n) is 4.34. The predicted molar refractivity (Wildman–Crippen MR) is 116 cm³/mol. The number of benzene rings is 2. The van der Waals surface area contributed by atoms with Crippen LogP contribution in [-0.2, 0) is 21.2 Å². The Balaban J connectivity index is 1.59. The van der Waals surface area contributed by atoms with Crippen LogP contribution < -0.4 is 10.2 Å². The molecular weight excluding hydrogens is 454 g/mol. The maximum atomic E-state index is 13.3. The number of nitrogens with zero attached hydrogens (tertiary/aromatic N) is 2. The number of halogens is 1. The average Bonchev–Trinajstić information content (AvgIpc) is 3.04. The molecule has 2 aromatic carbocycles. The highest BCUT2D eigenvalue weighted by molar-refractivity contribution is 9.10. The summed E-state index contributed by atoms with van der Waals surface area (Å²) in [4.78, 5) is 15.2. The highest BCUT2D eigenvalue weighted by Gasteiger charge is 2.51. The summed E-state index contributed by atoms with van der Waals surface area (Å²) in [7, 11) is -3.61. The zero-order valence-corrected chi connectivity index (χ0v) is 18.7. The number of sulfonamides is 1. The molecule has 2 aromatic rings. The topological polar surface area (TPSA) is 69.7 Å². The molecule has 0 aromatic heterocycles. The fraction of sp³-hybridized carbons (Fsp3) is 0.381. The molecule has 2 saturated heterocycles. The molecule has 29 heavy (non-hydrogen) atoms. The van der Waals surface area contributed by atoms with E-state index in [1.165, 1.54) is 4.31 Å². The second kappa shape index (κ2) is 7.74. The van der Waals surface area contributed by atoms with E-state index in [0.717, 1.165) is 15.7 Å². The lowest BCUT2D eigenvalue weighted by molar-refractivity contribution is -0.124. The number of nitrogens with one attached hydrogen (secondary N) is 1. The molecule has 2 fully saturated rings. The summed E-state index contributed by atoms with van der Waals surface area (Å²) in [6.45, 7) is 3.03. The van der Waals surface area contributed by atoms with E-state index in [1.807, 2.05) is 43.3 Å². The normalized spacial score (nSPS) is 19.5. The summed E-state index contributed by atoms with van der Waals surface area (Å²) < 4.78 is 29.0. The van der Waals surface area contributed by atoms with Crippen molar-refractivity contribution in [1.82, 2.24) is 9.62 Å². The van der Waals surface area contributed by atoms with E-state index < -0.39 is 15.6 Å². The van der Waals surface area contributed by atoms with Crippen LogP contribution in [0.4, 0.5) is 5.69 Å². The van der Waals surface area contributed by atoms with Crippen LogP contribution in [0.2, 0.25) is 0 Å². The van der Waals surface area contributed by atoms with Crippen molar-refractivity contribution in [1.29, 1.82) is 0 Å². The first-order valence-corrected chi connectivity index (χ1v) is 12.0. The SMILES string of the molecule is CCc1cc(Br)ccc1S(=O)(=O)N1CCC2(CC1)C(=O)NCN2c1ccccc1. The Labute approximate surface area is 180 Å². The third kappa shape index (κ3) is 3.47. The third-order valence-electron chi connectivity index (χ3n) is 5.98. The highest BCUT2D eigenvalue weighted by Crippen LogP contribution is 2.38. The van der Waals surface area contributed by atoms with Crippen molar-refractivity contribution in [3.63, 3.8) is 0 Å². The van der Waals surface area contributed by atoms with Gasteiger partial charge in [-0.15, -0.1) is 0 Å². The standard InChI is InChI=1S/C21H24BrN3O3S/c1-2-16-14-17(22)8-9-19(16)29(27,28)24-12-10-21(11-13-24)20(26)23-15-25(21)18-6-4-3-5-7-18/h3-9,14H,2,10-13,15H2,1H3,(H,23,26). The zero-order valence-electron chi connectivity index (χ0n) is 16.3. The highest BCUT2D eigenvalue weighted by atomic mass is 79.9. The quantitative estimate of drug-likeness (QED) is 0.734. The van der Waals surface area contributed by atoms with Gasteiger partial charge in [-0.2, -0.15) is 4.31 Å². The number of piperidine rings is 1. The molecule has 1 amide bonds. The first-order valence-electron chi connectivity index (χ1n) is 9.78. The van der Waals surface area contributed by atoms with Crippen LogP contribution in [0.3, 0.4) is 0 Å². The molecule has 1 N–H and O–H groups in total. The predicted octanol–water partition coefficient (Wildman–Crippen LogP) is 3.13. The smallest absolute Gasteiger partial charge is 0.247 e. The number of aryl methyl sites for hydroxylation is 1. The van der Waals surface area contributed by atoms with Gasteiger partial charge in [0.25, 0.3) is 0 Å². The second-order valence-electron chi connectivity index (χ2n) is 7.47. The Morgan fingerprint density at radius 2 is 1.79 bits per heavy atom. The van der Waals surface area contributed by atoms with Gasteiger partial charge in [0.1, 0.15) is 5.54 Å². The number of hydrogen-bond acceptors (Lipinski definition) is 4. The summed E-state index contributed by atoms with van der Waals surface area (Å²) >= 11 is 3.42. The van der Waals surface area contributed by atoms with Gasteiger partial charge in [0.2, 0.25) is 15.9 Å². The monoisotopic (exact) mass is 477 g/mol. The van der Waals surface area contributed by atoms with E-state index in [4.69, 9.17) is 0 Å². The third-order valence-corrected chi connectivity index (χ3v) is 8.47. The largest absolute Gasteiger partial charge is 0.339 e. The van der Waals surface area contributed by atoms with Gasteiger partial charge in [-0.1, -0.05) is 41.1 Å². The van der Waals surface area contributed by atoms with Crippen LogP contribution in [-0.4, -0.2) is 43.9 Å². The maximum absolute atomic E-state index is 13.3. The Kier molecular flexibility index (Phi) is 5.44. The fourth-order valence-corrected chi connectivity index (χ4v) is 6.47. The summed E-state index contributed by atoms with van der Waals surface area (Å²) in [5.41, 5.74) is 1.08. The molecule has 2 aliphatic heterocycles. The molecule has 0 bridgehead atoms. The van der Waals surface area contributed by atoms with Crippen molar-refractivity contribution in [2.45, 2.75) is 36.6 Å². The molecule has 8 heteroatoms. The van der Waals surface area contributed by atoms with Crippen molar-refractivity contribution < 1.29 is 13.2 Å². The Morgan fingerprint density at radius 1 is 1.10 bits per heavy atom. The molecule has 0 saturated carbocycles. The molecule has 0 unspecified atom stereocenters. The number of carbonyl (C=O) groups excluding carboxylic acids is 1. The molecule has 2 aliphatic rings. The summed E-state index contributed by atoms with van der Waals surface area (Å²) in [5.74, 6) is -0.0173. The minimum Gasteiger partial charge on any atom is -0.339 e. The van der Waals surface area contributed by atoms with Crippen molar-refractivity contribution in [3.8, 4) is 0 Å². The van der Waals surface area contributed by atoms with Crippen molar-refractivity contribution in [3.05, 3.63) is 58.6 Å². The van der Waals surface area contributed by atoms with E-state index in [0.29, 0.717) is 43.9 Å². The molecule has 0 aliphatic carbocycles. The van der Waals surface area contributed by atoms with E-state index in [-0.39, 0.29) is 5.91 Å². The lowest BCUT2D eigenvalue weighted by Crippen LogP contribution is -2.57. The number of anilines is 1. The van der Waals surface area contributed by atoms with Gasteiger partial charge in [-0.3, -0.25) is 4.79 Å². The van der Waals surface area contributed by atoms with Gasteiger partial charge in [0, 0.05) is 23.2 Å². The summed E-state index contributed by atoms with van der Waals surface area (Å²) in [6, 6.07) is 15.1. The average molecular weight is 478 g/mol. The van der Waals surface area contributed by atoms with E-state index >= 15 is 0 Å². The van der Waals surface area contributed by atoms with Crippen LogP contribution in [0.25, 0.3) is 0 Å². The number of rotatable bonds is 4. The Hall–Kier alpha value is -1.90. The Morgan fingerprint density at radius 3 is 2.45 bits per heavy atom. The molecule has 6 nitrogen and oxygen atoms in total. The molecule has 154 valence electrons. The van der Waals surface area contributed by atoms with Crippen molar-refractivity contribution >= 4 is 37.5 Å². The van der Waals surface area contributed by atoms with Crippen LogP contribution in [0.5, 0.6) is 0 Å². The minimum atomic E-state index is -3.61. The summed E-state index contributed by atoms with van der Waals surface area (Å²) in [6.07, 6.45) is 1.56. The lowest BCUT2D eigenvalue weighted by Gasteiger charge is -2.42. The van der Waals surface area contributed by atoms with Gasteiger partial charge in [0.05, 0.1) is 11.6 Å². The molecule has 2 heterocycles. The number of carbonyl (C=O) groups is 1. The lowest BCUT2D eigenvalue weighted by atomic mass is 9.86. The van der Waals surface area contributed by atoms with Crippen LogP contribution in [0, 0.1) is 0 Å². The van der Waals surface area contributed by atoms with Gasteiger partial charge in [0.15, 0.2) is 0 Å². The molecule has 4 rings (SSSR count). The zero-order chi connectivity index (χ0) is 20.6. The maximum Gasteiger partial charge on any atom is 0.247 e. The van der Waals surface area contributed by atoms with Crippen LogP contribution in [0.1, 0.15) is 25.3 Å². The van der Waals surface area contributed by atoms with Gasteiger partial charge >= 0.3 is 0 Å². The first kappa shape index (κ1) is 20.4. The van der Waals surface area contributed by atoms with E-state index in [9.17, 15) is 13.2 Å². The molecule has 0 atom stereocenters. The van der Waals surface area contributed by atoms with E-state index in [2.05, 4.69) is 26.1 Å². The van der Waals surface area contributed by atoms with Crippen LogP contribution in [0.15, 0.2) is 57.9 Å². The van der Waals surface area contributed by atoms with Gasteiger partial charge < -0.3 is 10.2 Å². The minimum absolute atomic E-state index is 0.0173.